The average molecular weight is 568 g/mol. The summed E-state index contributed by atoms with van der Waals surface area (Å²) in [6, 6.07) is -1.00. The third kappa shape index (κ3) is 23.5. The van der Waals surface area contributed by atoms with Gasteiger partial charge >= 0.3 is 0 Å². The van der Waals surface area contributed by atoms with E-state index in [4.69, 9.17) is 0 Å². The standard InChI is InChI=1S/C34H65NO5/c1-3-5-7-9-11-13-14-15-16-17-18-20-22-24-26-28-32(38)34(40)35-30(29-36)33(39)31(37)27-25-23-21-19-12-10-8-6-4-2/h6,8,19,21,30-33,36-39H,3-5,7,9-18,20,22-29H2,1-2H3,(H,35,40)/b8-6+,21-19+. The highest BCUT2D eigenvalue weighted by atomic mass is 16.3. The molecule has 0 aromatic carbocycles. The van der Waals surface area contributed by atoms with Gasteiger partial charge in [-0.1, -0.05) is 134 Å². The molecular formula is C34H65NO5. The Morgan fingerprint density at radius 2 is 1.10 bits per heavy atom. The Labute approximate surface area is 246 Å². The Kier molecular flexibility index (Phi) is 28.4. The lowest BCUT2D eigenvalue weighted by molar-refractivity contribution is -0.132. The molecule has 0 aliphatic carbocycles. The highest BCUT2D eigenvalue weighted by molar-refractivity contribution is 5.80. The van der Waals surface area contributed by atoms with Crippen molar-refractivity contribution >= 4 is 5.91 Å². The van der Waals surface area contributed by atoms with Crippen LogP contribution in [0.2, 0.25) is 0 Å². The fourth-order valence-corrected chi connectivity index (χ4v) is 4.95. The second-order valence-electron chi connectivity index (χ2n) is 11.5. The number of carbonyl (C=O) groups excluding carboxylic acids is 1. The zero-order chi connectivity index (χ0) is 29.7. The summed E-state index contributed by atoms with van der Waals surface area (Å²) in [5.74, 6) is -0.601. The van der Waals surface area contributed by atoms with E-state index in [2.05, 4.69) is 43.5 Å². The summed E-state index contributed by atoms with van der Waals surface area (Å²) in [7, 11) is 0. The van der Waals surface area contributed by atoms with Crippen LogP contribution < -0.4 is 5.32 Å². The van der Waals surface area contributed by atoms with Crippen LogP contribution in [-0.4, -0.2) is 57.3 Å². The quantitative estimate of drug-likeness (QED) is 0.0482. The normalized spacial score (nSPS) is 15.1. The van der Waals surface area contributed by atoms with Gasteiger partial charge in [0.05, 0.1) is 18.8 Å². The van der Waals surface area contributed by atoms with Gasteiger partial charge in [-0.05, 0) is 44.9 Å². The van der Waals surface area contributed by atoms with Crippen molar-refractivity contribution in [2.75, 3.05) is 6.61 Å². The Hall–Kier alpha value is -1.21. The monoisotopic (exact) mass is 567 g/mol. The summed E-state index contributed by atoms with van der Waals surface area (Å²) in [6.45, 7) is 3.87. The smallest absolute Gasteiger partial charge is 0.249 e. The van der Waals surface area contributed by atoms with E-state index in [0.29, 0.717) is 19.3 Å². The van der Waals surface area contributed by atoms with Crippen molar-refractivity contribution in [3.05, 3.63) is 24.3 Å². The minimum absolute atomic E-state index is 0.363. The maximum absolute atomic E-state index is 12.4. The topological polar surface area (TPSA) is 110 Å². The van der Waals surface area contributed by atoms with Crippen molar-refractivity contribution in [2.24, 2.45) is 0 Å². The van der Waals surface area contributed by atoms with Crippen molar-refractivity contribution in [1.82, 2.24) is 5.32 Å². The molecule has 0 bridgehead atoms. The first-order valence-electron chi connectivity index (χ1n) is 16.7. The minimum Gasteiger partial charge on any atom is -0.394 e. The van der Waals surface area contributed by atoms with Gasteiger partial charge in [-0.25, -0.2) is 0 Å². The van der Waals surface area contributed by atoms with Crippen molar-refractivity contribution in [2.45, 2.75) is 179 Å². The number of nitrogens with one attached hydrogen (secondary N) is 1. The zero-order valence-electron chi connectivity index (χ0n) is 26.1. The molecule has 0 aromatic rings. The van der Waals surface area contributed by atoms with Gasteiger partial charge in [0.2, 0.25) is 5.91 Å². The van der Waals surface area contributed by atoms with Gasteiger partial charge in [-0.15, -0.1) is 0 Å². The average Bonchev–Trinajstić information content (AvgIpc) is 2.96. The number of hydrogen-bond donors (Lipinski definition) is 5. The van der Waals surface area contributed by atoms with Crippen LogP contribution in [0.15, 0.2) is 24.3 Å². The van der Waals surface area contributed by atoms with Crippen LogP contribution in [0.1, 0.15) is 155 Å². The molecule has 0 fully saturated rings. The number of aliphatic hydroxyl groups excluding tert-OH is 4. The van der Waals surface area contributed by atoms with Gasteiger partial charge in [0.1, 0.15) is 12.2 Å². The van der Waals surface area contributed by atoms with Crippen LogP contribution in [0, 0.1) is 0 Å². The highest BCUT2D eigenvalue weighted by Gasteiger charge is 2.28. The fourth-order valence-electron chi connectivity index (χ4n) is 4.95. The van der Waals surface area contributed by atoms with Crippen LogP contribution in [0.25, 0.3) is 0 Å². The van der Waals surface area contributed by atoms with E-state index in [1.807, 2.05) is 0 Å². The van der Waals surface area contributed by atoms with E-state index >= 15 is 0 Å². The number of amides is 1. The Morgan fingerprint density at radius 1 is 0.625 bits per heavy atom. The van der Waals surface area contributed by atoms with Crippen LogP contribution in [0.4, 0.5) is 0 Å². The molecule has 0 heterocycles. The van der Waals surface area contributed by atoms with E-state index in [-0.39, 0.29) is 0 Å². The van der Waals surface area contributed by atoms with Crippen LogP contribution in [0.3, 0.4) is 0 Å². The van der Waals surface area contributed by atoms with E-state index < -0.39 is 36.9 Å². The van der Waals surface area contributed by atoms with Gasteiger partial charge < -0.3 is 25.7 Å². The maximum atomic E-state index is 12.4. The summed E-state index contributed by atoms with van der Waals surface area (Å²) in [4.78, 5) is 12.4. The van der Waals surface area contributed by atoms with E-state index in [1.54, 1.807) is 0 Å². The van der Waals surface area contributed by atoms with E-state index in [1.165, 1.54) is 77.0 Å². The second-order valence-corrected chi connectivity index (χ2v) is 11.5. The van der Waals surface area contributed by atoms with Crippen molar-refractivity contribution in [3.63, 3.8) is 0 Å². The first-order valence-corrected chi connectivity index (χ1v) is 16.7. The number of allylic oxidation sites excluding steroid dienone is 4. The van der Waals surface area contributed by atoms with E-state index in [0.717, 1.165) is 44.9 Å². The molecule has 6 nitrogen and oxygen atoms in total. The molecule has 0 radical (unpaired) electrons. The number of rotatable bonds is 29. The molecule has 40 heavy (non-hydrogen) atoms. The van der Waals surface area contributed by atoms with Crippen molar-refractivity contribution < 1.29 is 25.2 Å². The summed E-state index contributed by atoms with van der Waals surface area (Å²) >= 11 is 0. The van der Waals surface area contributed by atoms with Crippen LogP contribution >= 0.6 is 0 Å². The van der Waals surface area contributed by atoms with Gasteiger partial charge in [-0.3, -0.25) is 4.79 Å². The van der Waals surface area contributed by atoms with Crippen LogP contribution in [-0.2, 0) is 4.79 Å². The Morgan fingerprint density at radius 3 is 1.60 bits per heavy atom. The molecule has 0 saturated carbocycles. The van der Waals surface area contributed by atoms with Gasteiger partial charge in [-0.2, -0.15) is 0 Å². The van der Waals surface area contributed by atoms with Gasteiger partial charge in [0.15, 0.2) is 0 Å². The lowest BCUT2D eigenvalue weighted by Crippen LogP contribution is -2.53. The summed E-state index contributed by atoms with van der Waals surface area (Å²) < 4.78 is 0. The molecule has 0 rings (SSSR count). The zero-order valence-corrected chi connectivity index (χ0v) is 26.1. The lowest BCUT2D eigenvalue weighted by Gasteiger charge is -2.27. The predicted octanol–water partition coefficient (Wildman–Crippen LogP) is 7.28. The molecule has 1 amide bonds. The number of carbonyl (C=O) groups is 1. The van der Waals surface area contributed by atoms with Gasteiger partial charge in [0, 0.05) is 0 Å². The largest absolute Gasteiger partial charge is 0.394 e. The molecule has 6 heteroatoms. The van der Waals surface area contributed by atoms with Crippen LogP contribution in [0.5, 0.6) is 0 Å². The number of unbranched alkanes of at least 4 members (excludes halogenated alkanes) is 16. The molecule has 5 N–H and O–H groups in total. The highest BCUT2D eigenvalue weighted by Crippen LogP contribution is 2.15. The summed E-state index contributed by atoms with van der Waals surface area (Å²) in [6.07, 6.45) is 29.2. The van der Waals surface area contributed by atoms with Crippen molar-refractivity contribution in [3.8, 4) is 0 Å². The third-order valence-corrected chi connectivity index (χ3v) is 7.65. The maximum Gasteiger partial charge on any atom is 0.249 e. The summed E-state index contributed by atoms with van der Waals surface area (Å²) in [5, 5.41) is 43.1. The molecule has 0 spiro atoms. The number of aliphatic hydroxyl groups is 4. The summed E-state index contributed by atoms with van der Waals surface area (Å²) in [5.41, 5.74) is 0. The van der Waals surface area contributed by atoms with Crippen molar-refractivity contribution in [1.29, 1.82) is 0 Å². The molecule has 0 saturated heterocycles. The first kappa shape index (κ1) is 38.8. The molecule has 0 aliphatic heterocycles. The number of hydrogen-bond acceptors (Lipinski definition) is 5. The molecule has 4 unspecified atom stereocenters. The predicted molar refractivity (Wildman–Crippen MR) is 168 cm³/mol. The third-order valence-electron chi connectivity index (χ3n) is 7.65. The Balaban J connectivity index is 3.86. The van der Waals surface area contributed by atoms with E-state index in [9.17, 15) is 25.2 Å². The minimum atomic E-state index is -1.28. The van der Waals surface area contributed by atoms with Gasteiger partial charge in [0.25, 0.3) is 0 Å². The first-order chi connectivity index (χ1) is 19.5. The molecule has 0 aliphatic rings. The SMILES string of the molecule is CC/C=C/CC/C=C/CCCC(O)C(O)C(CO)NC(=O)C(O)CCCCCCCCCCCCCCCCC. The molecule has 236 valence electrons. The second kappa shape index (κ2) is 29.3. The molecule has 4 atom stereocenters. The lowest BCUT2D eigenvalue weighted by atomic mass is 10.00. The Bertz CT molecular complexity index is 609. The molecular weight excluding hydrogens is 502 g/mol. The molecule has 0 aromatic heterocycles. The fraction of sp³-hybridized carbons (Fsp3) is 0.853.